The van der Waals surface area contributed by atoms with Crippen molar-refractivity contribution >= 4 is 11.8 Å². The number of rotatable bonds is 7. The fourth-order valence-corrected chi connectivity index (χ4v) is 2.05. The summed E-state index contributed by atoms with van der Waals surface area (Å²) in [6.45, 7) is 13.3. The van der Waals surface area contributed by atoms with Gasteiger partial charge in [0, 0.05) is 12.1 Å². The van der Waals surface area contributed by atoms with Crippen molar-refractivity contribution in [3.63, 3.8) is 0 Å². The van der Waals surface area contributed by atoms with Gasteiger partial charge in [-0.1, -0.05) is 20.4 Å². The monoisotopic (exact) mass is 350 g/mol. The molecule has 0 unspecified atom stereocenters. The second-order valence-electron chi connectivity index (χ2n) is 7.15. The topological polar surface area (TPSA) is 90.7 Å². The van der Waals surface area contributed by atoms with Crippen molar-refractivity contribution in [2.45, 2.75) is 52.7 Å². The molecule has 0 saturated heterocycles. The molecule has 25 heavy (non-hydrogen) atoms. The molecule has 0 bridgehead atoms. The maximum absolute atomic E-state index is 12.0. The van der Waals surface area contributed by atoms with Gasteiger partial charge < -0.3 is 14.8 Å². The maximum atomic E-state index is 12.0. The van der Waals surface area contributed by atoms with Crippen LogP contribution in [0.25, 0.3) is 0 Å². The van der Waals surface area contributed by atoms with Crippen molar-refractivity contribution in [3.05, 3.63) is 46.7 Å². The minimum atomic E-state index is -0.604. The molecule has 0 aliphatic carbocycles. The highest BCUT2D eigenvalue weighted by atomic mass is 16.6. The molecular formula is C18H26N2O5. The second-order valence-corrected chi connectivity index (χ2v) is 7.15. The van der Waals surface area contributed by atoms with Gasteiger partial charge in [-0.05, 0) is 45.2 Å². The fraction of sp³-hybridized carbons (Fsp3) is 0.500. The number of nitro benzene ring substituents is 1. The molecule has 1 aromatic carbocycles. The van der Waals surface area contributed by atoms with Crippen LogP contribution in [0.3, 0.4) is 0 Å². The number of nitrogens with one attached hydrogen (secondary N) is 1. The van der Waals surface area contributed by atoms with E-state index in [2.05, 4.69) is 11.9 Å². The average molecular weight is 350 g/mol. The number of amides is 1. The molecule has 7 heteroatoms. The number of non-ortho nitro benzene ring substituents is 1. The highest BCUT2D eigenvalue weighted by molar-refractivity contribution is 5.68. The SMILES string of the molecule is C=C(Oc1ccc([N+](=O)[O-])cc1)[C@@H](CC(C)C)NC(=O)OC(C)(C)C. The Labute approximate surface area is 148 Å². The van der Waals surface area contributed by atoms with Gasteiger partial charge in [0.15, 0.2) is 0 Å². The summed E-state index contributed by atoms with van der Waals surface area (Å²) in [5.41, 5.74) is -0.629. The van der Waals surface area contributed by atoms with Crippen molar-refractivity contribution in [3.8, 4) is 5.75 Å². The maximum Gasteiger partial charge on any atom is 0.408 e. The molecule has 138 valence electrons. The first-order valence-electron chi connectivity index (χ1n) is 8.08. The summed E-state index contributed by atoms with van der Waals surface area (Å²) < 4.78 is 10.9. The highest BCUT2D eigenvalue weighted by Crippen LogP contribution is 2.22. The molecule has 0 radical (unpaired) electrons. The number of alkyl carbamates (subject to hydrolysis) is 1. The first-order valence-corrected chi connectivity index (χ1v) is 8.08. The van der Waals surface area contributed by atoms with E-state index in [9.17, 15) is 14.9 Å². The number of nitro groups is 1. The molecule has 0 spiro atoms. The third kappa shape index (κ3) is 7.69. The Morgan fingerprint density at radius 1 is 1.28 bits per heavy atom. The summed E-state index contributed by atoms with van der Waals surface area (Å²) in [6.07, 6.45) is 0.0667. The first-order chi connectivity index (χ1) is 11.5. The Morgan fingerprint density at radius 3 is 2.28 bits per heavy atom. The van der Waals surface area contributed by atoms with E-state index < -0.39 is 22.7 Å². The molecular weight excluding hydrogens is 324 g/mol. The molecule has 0 aliphatic rings. The fourth-order valence-electron chi connectivity index (χ4n) is 2.05. The molecule has 1 rings (SSSR count). The second kappa shape index (κ2) is 8.50. The highest BCUT2D eigenvalue weighted by Gasteiger charge is 2.23. The molecule has 0 saturated carbocycles. The van der Waals surface area contributed by atoms with Gasteiger partial charge in [-0.3, -0.25) is 10.1 Å². The Hall–Kier alpha value is -2.57. The number of nitrogens with zero attached hydrogens (tertiary/aromatic N) is 1. The van der Waals surface area contributed by atoms with Crippen molar-refractivity contribution in [1.82, 2.24) is 5.32 Å². The third-order valence-electron chi connectivity index (χ3n) is 3.08. The number of hydrogen-bond donors (Lipinski definition) is 1. The number of carbonyl (C=O) groups is 1. The minimum Gasteiger partial charge on any atom is -0.460 e. The van der Waals surface area contributed by atoms with Gasteiger partial charge in [-0.15, -0.1) is 0 Å². The minimum absolute atomic E-state index is 0.0245. The Morgan fingerprint density at radius 2 is 1.84 bits per heavy atom. The van der Waals surface area contributed by atoms with Gasteiger partial charge in [0.2, 0.25) is 0 Å². The van der Waals surface area contributed by atoms with E-state index in [4.69, 9.17) is 9.47 Å². The summed E-state index contributed by atoms with van der Waals surface area (Å²) in [6, 6.07) is 5.24. The molecule has 1 N–H and O–H groups in total. The van der Waals surface area contributed by atoms with Crippen molar-refractivity contribution in [1.29, 1.82) is 0 Å². The van der Waals surface area contributed by atoms with Gasteiger partial charge in [0.05, 0.1) is 11.0 Å². The van der Waals surface area contributed by atoms with Crippen LogP contribution in [-0.2, 0) is 4.74 Å². The van der Waals surface area contributed by atoms with Gasteiger partial charge in [-0.25, -0.2) is 4.79 Å². The smallest absolute Gasteiger partial charge is 0.408 e. The molecule has 1 amide bonds. The lowest BCUT2D eigenvalue weighted by Gasteiger charge is -2.25. The van der Waals surface area contributed by atoms with Gasteiger partial charge in [0.1, 0.15) is 17.1 Å². The quantitative estimate of drug-likeness (QED) is 0.446. The number of ether oxygens (including phenoxy) is 2. The van der Waals surface area contributed by atoms with Crippen molar-refractivity contribution in [2.75, 3.05) is 0 Å². The van der Waals surface area contributed by atoms with Gasteiger partial charge in [-0.2, -0.15) is 0 Å². The van der Waals surface area contributed by atoms with E-state index in [1.165, 1.54) is 24.3 Å². The normalized spacial score (nSPS) is 12.4. The van der Waals surface area contributed by atoms with Crippen LogP contribution in [-0.4, -0.2) is 22.7 Å². The molecule has 0 fully saturated rings. The van der Waals surface area contributed by atoms with Gasteiger partial charge in [0.25, 0.3) is 5.69 Å². The zero-order valence-corrected chi connectivity index (χ0v) is 15.4. The molecule has 1 atom stereocenters. The lowest BCUT2D eigenvalue weighted by Crippen LogP contribution is -2.41. The van der Waals surface area contributed by atoms with Crippen LogP contribution in [0.4, 0.5) is 10.5 Å². The van der Waals surface area contributed by atoms with E-state index >= 15 is 0 Å². The van der Waals surface area contributed by atoms with Crippen LogP contribution in [0.5, 0.6) is 5.75 Å². The van der Waals surface area contributed by atoms with Crippen LogP contribution in [0, 0.1) is 16.0 Å². The average Bonchev–Trinajstić information content (AvgIpc) is 2.44. The van der Waals surface area contributed by atoms with Crippen molar-refractivity contribution in [2.24, 2.45) is 5.92 Å². The Balaban J connectivity index is 2.78. The Kier molecular flexibility index (Phi) is 6.97. The largest absolute Gasteiger partial charge is 0.460 e. The van der Waals surface area contributed by atoms with Crippen LogP contribution < -0.4 is 10.1 Å². The van der Waals surface area contributed by atoms with Crippen LogP contribution in [0.2, 0.25) is 0 Å². The summed E-state index contributed by atoms with van der Waals surface area (Å²) in [4.78, 5) is 22.2. The van der Waals surface area contributed by atoms with E-state index in [1.807, 2.05) is 13.8 Å². The number of benzene rings is 1. The molecule has 0 aromatic heterocycles. The Bertz CT molecular complexity index is 617. The third-order valence-corrected chi connectivity index (χ3v) is 3.08. The zero-order valence-electron chi connectivity index (χ0n) is 15.4. The van der Waals surface area contributed by atoms with E-state index in [-0.39, 0.29) is 11.6 Å². The predicted molar refractivity (Wildman–Crippen MR) is 95.5 cm³/mol. The van der Waals surface area contributed by atoms with Crippen LogP contribution >= 0.6 is 0 Å². The van der Waals surface area contributed by atoms with Crippen LogP contribution in [0.15, 0.2) is 36.6 Å². The summed E-state index contributed by atoms with van der Waals surface area (Å²) in [5.74, 6) is 1.04. The summed E-state index contributed by atoms with van der Waals surface area (Å²) >= 11 is 0. The summed E-state index contributed by atoms with van der Waals surface area (Å²) in [5, 5.41) is 13.4. The zero-order chi connectivity index (χ0) is 19.2. The molecule has 1 aromatic rings. The first kappa shape index (κ1) is 20.5. The molecule has 7 nitrogen and oxygen atoms in total. The summed E-state index contributed by atoms with van der Waals surface area (Å²) in [7, 11) is 0. The molecule has 0 aliphatic heterocycles. The van der Waals surface area contributed by atoms with Gasteiger partial charge >= 0.3 is 6.09 Å². The predicted octanol–water partition coefficient (Wildman–Crippen LogP) is 4.43. The molecule has 0 heterocycles. The van der Waals surface area contributed by atoms with E-state index in [0.717, 1.165) is 0 Å². The lowest BCUT2D eigenvalue weighted by molar-refractivity contribution is -0.384. The number of hydrogen-bond acceptors (Lipinski definition) is 5. The van der Waals surface area contributed by atoms with Crippen LogP contribution in [0.1, 0.15) is 41.0 Å². The standard InChI is InChI=1S/C18H26N2O5/c1-12(2)11-16(19-17(21)25-18(4,5)6)13(3)24-15-9-7-14(8-10-15)20(22)23/h7-10,12,16H,3,11H2,1-2,4-6H3,(H,19,21)/t16-/m1/s1. The van der Waals surface area contributed by atoms with E-state index in [0.29, 0.717) is 17.9 Å². The van der Waals surface area contributed by atoms with Crippen molar-refractivity contribution < 1.29 is 19.2 Å². The van der Waals surface area contributed by atoms with E-state index in [1.54, 1.807) is 20.8 Å². The lowest BCUT2D eigenvalue weighted by atomic mass is 10.0. The number of carbonyl (C=O) groups excluding carboxylic acids is 1.